The number of hydrogen-bond donors (Lipinski definition) is 0. The predicted molar refractivity (Wildman–Crippen MR) is 60.0 cm³/mol. The standard InChI is InChI=1S/C10H12Si.Na.H/c1-7-2-3-8-4-5-10(11)9(8)6-7;;/h2-6,10H,1,11H3;;. The molecule has 0 nitrogen and oxygen atoms in total. The second-order valence-electron chi connectivity index (χ2n) is 3.28. The van der Waals surface area contributed by atoms with Gasteiger partial charge in [-0.3, -0.25) is 0 Å². The zero-order chi connectivity index (χ0) is 7.84. The molecule has 0 aliphatic heterocycles. The van der Waals surface area contributed by atoms with Gasteiger partial charge >= 0.3 is 29.6 Å². The van der Waals surface area contributed by atoms with E-state index in [1.54, 1.807) is 0 Å². The van der Waals surface area contributed by atoms with E-state index in [-0.39, 0.29) is 29.6 Å². The van der Waals surface area contributed by atoms with Crippen LogP contribution < -0.4 is 0 Å². The van der Waals surface area contributed by atoms with E-state index in [4.69, 9.17) is 0 Å². The molecule has 0 fully saturated rings. The van der Waals surface area contributed by atoms with Crippen LogP contribution >= 0.6 is 0 Å². The maximum atomic E-state index is 2.32. The van der Waals surface area contributed by atoms with Crippen LogP contribution in [0.5, 0.6) is 0 Å². The predicted octanol–water partition coefficient (Wildman–Crippen LogP) is 0.780. The van der Waals surface area contributed by atoms with Crippen LogP contribution in [0.3, 0.4) is 0 Å². The van der Waals surface area contributed by atoms with Crippen LogP contribution in [0.15, 0.2) is 24.3 Å². The molecule has 1 aliphatic rings. The molecule has 1 aliphatic carbocycles. The van der Waals surface area contributed by atoms with Crippen LogP contribution in [-0.2, 0) is 0 Å². The SMILES string of the molecule is Cc1ccc2c(c1)C([SiH3])C=C2.[NaH]. The Morgan fingerprint density at radius 1 is 1.33 bits per heavy atom. The first kappa shape index (κ1) is 10.3. The van der Waals surface area contributed by atoms with Crippen LogP contribution in [0.25, 0.3) is 6.08 Å². The molecule has 0 aromatic heterocycles. The van der Waals surface area contributed by atoms with E-state index in [9.17, 15) is 0 Å². The zero-order valence-corrected chi connectivity index (χ0v) is 8.96. The van der Waals surface area contributed by atoms with Crippen molar-refractivity contribution in [2.24, 2.45) is 0 Å². The Labute approximate surface area is 98.8 Å². The van der Waals surface area contributed by atoms with Gasteiger partial charge in [0.25, 0.3) is 0 Å². The monoisotopic (exact) mass is 184 g/mol. The van der Waals surface area contributed by atoms with Crippen molar-refractivity contribution >= 4 is 45.9 Å². The summed E-state index contributed by atoms with van der Waals surface area (Å²) >= 11 is 0. The third kappa shape index (κ3) is 1.74. The molecule has 12 heavy (non-hydrogen) atoms. The second kappa shape index (κ2) is 3.92. The van der Waals surface area contributed by atoms with E-state index in [0.717, 1.165) is 5.54 Å². The minimum atomic E-state index is 0. The molecule has 0 saturated carbocycles. The summed E-state index contributed by atoms with van der Waals surface area (Å²) in [5.41, 5.74) is 5.10. The molecule has 0 bridgehead atoms. The van der Waals surface area contributed by atoms with Gasteiger partial charge in [-0.1, -0.05) is 35.9 Å². The molecule has 1 atom stereocenters. The number of allylic oxidation sites excluding steroid dienone is 1. The fourth-order valence-electron chi connectivity index (χ4n) is 1.59. The molecule has 0 saturated heterocycles. The van der Waals surface area contributed by atoms with Crippen molar-refractivity contribution in [1.82, 2.24) is 0 Å². The first-order chi connectivity index (χ1) is 5.27. The summed E-state index contributed by atoms with van der Waals surface area (Å²) in [6, 6.07) is 6.72. The van der Waals surface area contributed by atoms with E-state index < -0.39 is 0 Å². The van der Waals surface area contributed by atoms with E-state index in [0.29, 0.717) is 0 Å². The molecule has 2 rings (SSSR count). The van der Waals surface area contributed by atoms with Crippen molar-refractivity contribution in [2.45, 2.75) is 12.5 Å². The van der Waals surface area contributed by atoms with Crippen LogP contribution in [0.2, 0.25) is 0 Å². The fourth-order valence-corrected chi connectivity index (χ4v) is 2.28. The third-order valence-corrected chi connectivity index (χ3v) is 3.30. The third-order valence-electron chi connectivity index (χ3n) is 2.30. The Morgan fingerprint density at radius 2 is 2.08 bits per heavy atom. The van der Waals surface area contributed by atoms with Gasteiger partial charge in [0.1, 0.15) is 0 Å². The summed E-state index contributed by atoms with van der Waals surface area (Å²) in [6.45, 7) is 2.16. The van der Waals surface area contributed by atoms with Gasteiger partial charge in [0.15, 0.2) is 0 Å². The summed E-state index contributed by atoms with van der Waals surface area (Å²) in [4.78, 5) is 0. The van der Waals surface area contributed by atoms with Gasteiger partial charge < -0.3 is 0 Å². The van der Waals surface area contributed by atoms with E-state index >= 15 is 0 Å². The molecule has 0 N–H and O–H groups in total. The fraction of sp³-hybridized carbons (Fsp3) is 0.200. The number of aryl methyl sites for hydroxylation is 1. The van der Waals surface area contributed by atoms with Crippen LogP contribution in [0, 0.1) is 6.92 Å². The molecule has 1 unspecified atom stereocenters. The first-order valence-corrected chi connectivity index (χ1v) is 5.21. The normalized spacial score (nSPS) is 18.9. The summed E-state index contributed by atoms with van der Waals surface area (Å²) in [7, 11) is 1.24. The summed E-state index contributed by atoms with van der Waals surface area (Å²) in [5.74, 6) is 0. The zero-order valence-electron chi connectivity index (χ0n) is 6.96. The topological polar surface area (TPSA) is 0 Å². The van der Waals surface area contributed by atoms with Crippen molar-refractivity contribution in [1.29, 1.82) is 0 Å². The molecule has 0 amide bonds. The summed E-state index contributed by atoms with van der Waals surface area (Å²) < 4.78 is 0. The van der Waals surface area contributed by atoms with Gasteiger partial charge in [0.05, 0.1) is 0 Å². The first-order valence-electron chi connectivity index (χ1n) is 4.06. The van der Waals surface area contributed by atoms with Crippen LogP contribution in [0.4, 0.5) is 0 Å². The van der Waals surface area contributed by atoms with Crippen molar-refractivity contribution < 1.29 is 0 Å². The molecule has 1 aromatic rings. The molecule has 58 valence electrons. The van der Waals surface area contributed by atoms with Crippen molar-refractivity contribution in [3.05, 3.63) is 41.0 Å². The Hall–Kier alpha value is 0.177. The van der Waals surface area contributed by atoms with Crippen molar-refractivity contribution in [2.75, 3.05) is 0 Å². The van der Waals surface area contributed by atoms with Gasteiger partial charge in [-0.15, -0.1) is 0 Å². The molecule has 0 radical (unpaired) electrons. The molecule has 1 aromatic carbocycles. The molecule has 0 heterocycles. The van der Waals surface area contributed by atoms with E-state index in [2.05, 4.69) is 37.3 Å². The van der Waals surface area contributed by atoms with E-state index in [1.807, 2.05) is 0 Å². The van der Waals surface area contributed by atoms with Gasteiger partial charge in [0, 0.05) is 10.2 Å². The van der Waals surface area contributed by atoms with Gasteiger partial charge in [-0.2, -0.15) is 0 Å². The second-order valence-corrected chi connectivity index (χ2v) is 4.52. The Bertz CT molecular complexity index is 318. The van der Waals surface area contributed by atoms with Crippen LogP contribution in [0.1, 0.15) is 22.2 Å². The summed E-state index contributed by atoms with van der Waals surface area (Å²) in [6.07, 6.45) is 4.56. The van der Waals surface area contributed by atoms with Gasteiger partial charge in [-0.05, 0) is 23.6 Å². The molecular weight excluding hydrogens is 171 g/mol. The average Bonchev–Trinajstić information content (AvgIpc) is 2.33. The quantitative estimate of drug-likeness (QED) is 0.523. The van der Waals surface area contributed by atoms with Crippen molar-refractivity contribution in [3.63, 3.8) is 0 Å². The van der Waals surface area contributed by atoms with Gasteiger partial charge in [-0.25, -0.2) is 0 Å². The molecule has 0 spiro atoms. The molecule has 2 heteroatoms. The van der Waals surface area contributed by atoms with E-state index in [1.165, 1.54) is 26.9 Å². The minimum absolute atomic E-state index is 0. The average molecular weight is 184 g/mol. The van der Waals surface area contributed by atoms with Gasteiger partial charge in [0.2, 0.25) is 0 Å². The number of rotatable bonds is 0. The van der Waals surface area contributed by atoms with Crippen molar-refractivity contribution in [3.8, 4) is 0 Å². The maximum absolute atomic E-state index is 2.32. The van der Waals surface area contributed by atoms with Crippen LogP contribution in [-0.4, -0.2) is 39.8 Å². The Kier molecular flexibility index (Phi) is 3.35. The Balaban J connectivity index is 0.000000720. The Morgan fingerprint density at radius 3 is 2.83 bits per heavy atom. The summed E-state index contributed by atoms with van der Waals surface area (Å²) in [5, 5.41) is 0. The number of fused-ring (bicyclic) bond motifs is 1. The number of benzene rings is 1. The molecular formula is C10H13NaSi. The number of hydrogen-bond acceptors (Lipinski definition) is 0.